The summed E-state index contributed by atoms with van der Waals surface area (Å²) in [5.74, 6) is 1.92. The van der Waals surface area contributed by atoms with E-state index in [2.05, 4.69) is 193 Å². The molecular formula is C59H47N5O. The molecule has 0 radical (unpaired) electrons. The number of aromatic nitrogens is 2. The summed E-state index contributed by atoms with van der Waals surface area (Å²) in [6.45, 7) is 8.65. The maximum absolute atomic E-state index is 7.43. The first-order valence-corrected chi connectivity index (χ1v) is 22.8. The quantitative estimate of drug-likeness (QED) is 0.147. The van der Waals surface area contributed by atoms with Crippen LogP contribution in [0.5, 0.6) is 0 Å². The fourth-order valence-electron chi connectivity index (χ4n) is 10.1. The standard InChI is InChI=1S/C59H47N5O/c1-4-6-18-38(5-2)57-60-58(40-21-11-8-12-22-40)62-59(61-57)48-36-35-47-46-25-17-28-51(55(46)65-56(47)52(48)39-19-9-7-10-20-39)64-50-27-16-14-24-43(50)45-34-33-44-42-23-13-15-26-49(42)63(53(44)54(45)64)41-31-29-37(3)30-32-41/h5,7-29,31-37,59H,2,4,6,30H2,1,3H3,(H,60,61,62)/b38-18+. The van der Waals surface area contributed by atoms with E-state index >= 15 is 0 Å². The second-order valence-electron chi connectivity index (χ2n) is 17.3. The van der Waals surface area contributed by atoms with Crippen molar-refractivity contribution in [3.05, 3.63) is 205 Å². The normalized spacial score (nSPS) is 16.7. The summed E-state index contributed by atoms with van der Waals surface area (Å²) in [5.41, 5.74) is 13.4. The smallest absolute Gasteiger partial charge is 0.159 e. The van der Waals surface area contributed by atoms with Gasteiger partial charge in [-0.25, -0.2) is 9.98 Å². The van der Waals surface area contributed by atoms with Crippen molar-refractivity contribution in [3.63, 3.8) is 0 Å². The van der Waals surface area contributed by atoms with Gasteiger partial charge in [-0.1, -0.05) is 185 Å². The van der Waals surface area contributed by atoms with Crippen molar-refractivity contribution in [2.24, 2.45) is 15.9 Å². The molecule has 1 aliphatic heterocycles. The highest BCUT2D eigenvalue weighted by Crippen LogP contribution is 2.46. The van der Waals surface area contributed by atoms with Crippen LogP contribution in [0.15, 0.2) is 209 Å². The van der Waals surface area contributed by atoms with E-state index in [1.54, 1.807) is 0 Å². The zero-order valence-corrected chi connectivity index (χ0v) is 36.5. The van der Waals surface area contributed by atoms with Gasteiger partial charge >= 0.3 is 0 Å². The first-order chi connectivity index (χ1) is 32.1. The molecule has 0 spiro atoms. The van der Waals surface area contributed by atoms with Crippen LogP contribution < -0.4 is 5.32 Å². The lowest BCUT2D eigenvalue weighted by Crippen LogP contribution is -2.34. The molecule has 65 heavy (non-hydrogen) atoms. The molecule has 3 aromatic heterocycles. The number of nitrogens with zero attached hydrogens (tertiary/aromatic N) is 4. The molecule has 2 atom stereocenters. The van der Waals surface area contributed by atoms with Crippen LogP contribution in [0.1, 0.15) is 50.4 Å². The van der Waals surface area contributed by atoms with Gasteiger partial charge in [0.05, 0.1) is 27.8 Å². The van der Waals surface area contributed by atoms with Crippen molar-refractivity contribution in [1.82, 2.24) is 14.5 Å². The van der Waals surface area contributed by atoms with E-state index in [1.165, 1.54) is 38.3 Å². The summed E-state index contributed by atoms with van der Waals surface area (Å²) in [6, 6.07) is 54.1. The number of benzene rings is 7. The molecule has 7 aromatic carbocycles. The van der Waals surface area contributed by atoms with E-state index in [0.717, 1.165) is 91.6 Å². The summed E-state index contributed by atoms with van der Waals surface area (Å²) in [7, 11) is 0. The van der Waals surface area contributed by atoms with Crippen LogP contribution in [-0.4, -0.2) is 20.8 Å². The Morgan fingerprint density at radius 1 is 0.692 bits per heavy atom. The molecule has 2 aliphatic rings. The molecule has 0 fully saturated rings. The van der Waals surface area contributed by atoms with Gasteiger partial charge in [0.25, 0.3) is 0 Å². The Morgan fingerprint density at radius 2 is 1.32 bits per heavy atom. The summed E-state index contributed by atoms with van der Waals surface area (Å²) >= 11 is 0. The number of unbranched alkanes of at least 4 members (excludes halogenated alkanes) is 1. The van der Waals surface area contributed by atoms with Crippen LogP contribution in [0, 0.1) is 5.92 Å². The van der Waals surface area contributed by atoms with Crippen molar-refractivity contribution in [1.29, 1.82) is 0 Å². The minimum Gasteiger partial charge on any atom is -0.453 e. The Hall–Kier alpha value is -7.96. The zero-order valence-electron chi connectivity index (χ0n) is 36.5. The lowest BCUT2D eigenvalue weighted by atomic mass is 9.94. The highest BCUT2D eigenvalue weighted by atomic mass is 16.3. The largest absolute Gasteiger partial charge is 0.453 e. The minimum absolute atomic E-state index is 0.464. The van der Waals surface area contributed by atoms with Crippen molar-refractivity contribution in [3.8, 4) is 16.8 Å². The molecule has 12 rings (SSSR count). The number of amidine groups is 2. The number of nitrogens with one attached hydrogen (secondary N) is 1. The van der Waals surface area contributed by atoms with E-state index in [4.69, 9.17) is 14.4 Å². The van der Waals surface area contributed by atoms with E-state index in [0.29, 0.717) is 11.8 Å². The Morgan fingerprint density at radius 3 is 2.02 bits per heavy atom. The van der Waals surface area contributed by atoms with Crippen LogP contribution in [0.25, 0.3) is 88.1 Å². The Kier molecular flexibility index (Phi) is 9.34. The maximum Gasteiger partial charge on any atom is 0.159 e. The second kappa shape index (κ2) is 15.7. The lowest BCUT2D eigenvalue weighted by molar-refractivity contribution is 0.655. The van der Waals surface area contributed by atoms with Gasteiger partial charge < -0.3 is 18.9 Å². The molecule has 1 aliphatic carbocycles. The molecule has 0 saturated carbocycles. The predicted molar refractivity (Wildman–Crippen MR) is 273 cm³/mol. The van der Waals surface area contributed by atoms with Crippen LogP contribution >= 0.6 is 0 Å². The van der Waals surface area contributed by atoms with Gasteiger partial charge in [0.2, 0.25) is 0 Å². The van der Waals surface area contributed by atoms with Gasteiger partial charge in [0, 0.05) is 60.3 Å². The van der Waals surface area contributed by atoms with E-state index < -0.39 is 6.17 Å². The lowest BCUT2D eigenvalue weighted by Gasteiger charge is -2.26. The summed E-state index contributed by atoms with van der Waals surface area (Å²) in [4.78, 5) is 10.4. The molecule has 10 aromatic rings. The molecule has 0 saturated heterocycles. The third kappa shape index (κ3) is 6.23. The number of rotatable bonds is 9. The molecule has 6 nitrogen and oxygen atoms in total. The molecular weight excluding hydrogens is 795 g/mol. The predicted octanol–water partition coefficient (Wildman–Crippen LogP) is 15.3. The average Bonchev–Trinajstić information content (AvgIpc) is 4.03. The molecule has 1 N–H and O–H groups in total. The van der Waals surface area contributed by atoms with Gasteiger partial charge in [-0.15, -0.1) is 0 Å². The fourth-order valence-corrected chi connectivity index (χ4v) is 10.1. The van der Waals surface area contributed by atoms with Crippen LogP contribution in [0.2, 0.25) is 0 Å². The number of furan rings is 1. The first kappa shape index (κ1) is 38.7. The van der Waals surface area contributed by atoms with Crippen LogP contribution in [0.4, 0.5) is 0 Å². The number of hydrogen-bond donors (Lipinski definition) is 1. The number of para-hydroxylation sites is 3. The molecule has 6 heteroatoms. The Balaban J connectivity index is 1.14. The second-order valence-corrected chi connectivity index (χ2v) is 17.3. The van der Waals surface area contributed by atoms with E-state index in [9.17, 15) is 0 Å². The maximum atomic E-state index is 7.43. The molecule has 0 amide bonds. The molecule has 4 heterocycles. The van der Waals surface area contributed by atoms with Gasteiger partial charge in [-0.05, 0) is 48.6 Å². The van der Waals surface area contributed by atoms with Crippen molar-refractivity contribution < 1.29 is 4.42 Å². The number of fused-ring (bicyclic) bond motifs is 10. The SMILES string of the molecule is C=C/C(=C\CCC)C1=NC(c2ccccc2)=NC(c2ccc3c(oc4c(-n5c6ccccc6c6ccc7c8ccccc8n(C8=CCC(C)C=C8)c7c65)cccc43)c2-c2ccccc2)N1. The number of hydrogen-bond acceptors (Lipinski definition) is 4. The third-order valence-corrected chi connectivity index (χ3v) is 13.2. The monoisotopic (exact) mass is 841 g/mol. The Labute approximate surface area is 377 Å². The van der Waals surface area contributed by atoms with Gasteiger partial charge in [-0.2, -0.15) is 0 Å². The average molecular weight is 842 g/mol. The molecule has 0 bridgehead atoms. The van der Waals surface area contributed by atoms with E-state index in [-0.39, 0.29) is 0 Å². The minimum atomic E-state index is -0.464. The first-order valence-electron chi connectivity index (χ1n) is 22.8. The highest BCUT2D eigenvalue weighted by Gasteiger charge is 2.28. The molecule has 2 unspecified atom stereocenters. The topological polar surface area (TPSA) is 59.8 Å². The number of allylic oxidation sites excluding steroid dienone is 5. The Bertz CT molecular complexity index is 3700. The van der Waals surface area contributed by atoms with Gasteiger partial charge in [-0.3, -0.25) is 0 Å². The van der Waals surface area contributed by atoms with Crippen LogP contribution in [0.3, 0.4) is 0 Å². The fraction of sp³-hybridized carbons (Fsp3) is 0.119. The van der Waals surface area contributed by atoms with E-state index in [1.807, 2.05) is 24.3 Å². The third-order valence-electron chi connectivity index (χ3n) is 13.2. The zero-order chi connectivity index (χ0) is 43.6. The summed E-state index contributed by atoms with van der Waals surface area (Å²) in [5, 5.41) is 10.7. The van der Waals surface area contributed by atoms with Crippen molar-refractivity contribution >= 4 is 82.9 Å². The van der Waals surface area contributed by atoms with Crippen molar-refractivity contribution in [2.45, 2.75) is 39.3 Å². The van der Waals surface area contributed by atoms with Gasteiger partial charge in [0.15, 0.2) is 11.4 Å². The summed E-state index contributed by atoms with van der Waals surface area (Å²) < 4.78 is 12.4. The van der Waals surface area contributed by atoms with Crippen LogP contribution in [-0.2, 0) is 0 Å². The summed E-state index contributed by atoms with van der Waals surface area (Å²) in [6.07, 6.45) is 13.6. The number of aliphatic imine (C=N–C) groups is 2. The molecule has 314 valence electrons. The highest BCUT2D eigenvalue weighted by molar-refractivity contribution is 6.25. The van der Waals surface area contributed by atoms with Gasteiger partial charge in [0.1, 0.15) is 17.6 Å². The van der Waals surface area contributed by atoms with Crippen molar-refractivity contribution in [2.75, 3.05) is 0 Å².